The van der Waals surface area contributed by atoms with Crippen LogP contribution in [0.15, 0.2) is 53.5 Å². The van der Waals surface area contributed by atoms with Crippen LogP contribution in [0.5, 0.6) is 0 Å². The molecule has 1 N–H and O–H groups in total. The molecular formula is C18H13ClF2N4O2. The number of nitrogens with one attached hydrogen (secondary N) is 1. The highest BCUT2D eigenvalue weighted by atomic mass is 35.5. The quantitative estimate of drug-likeness (QED) is 0.740. The summed E-state index contributed by atoms with van der Waals surface area (Å²) < 4.78 is 27.7. The smallest absolute Gasteiger partial charge is 0.322 e. The Morgan fingerprint density at radius 1 is 1.19 bits per heavy atom. The topological polar surface area (TPSA) is 76.9 Å². The van der Waals surface area contributed by atoms with E-state index in [1.165, 1.54) is 13.1 Å². The van der Waals surface area contributed by atoms with E-state index in [1.807, 2.05) is 0 Å². The Labute approximate surface area is 157 Å². The van der Waals surface area contributed by atoms with Gasteiger partial charge < -0.3 is 5.32 Å². The predicted octanol–water partition coefficient (Wildman–Crippen LogP) is 3.44. The second-order valence-corrected chi connectivity index (χ2v) is 6.10. The van der Waals surface area contributed by atoms with Crippen molar-refractivity contribution in [2.75, 3.05) is 5.32 Å². The third-order valence-electron chi connectivity index (χ3n) is 3.79. The number of nitrogens with zero attached hydrogens (tertiary/aromatic N) is 3. The van der Waals surface area contributed by atoms with Crippen LogP contribution in [-0.2, 0) is 4.79 Å². The van der Waals surface area contributed by atoms with Crippen LogP contribution in [0.1, 0.15) is 13.0 Å². The summed E-state index contributed by atoms with van der Waals surface area (Å²) in [7, 11) is 0. The molecule has 1 heterocycles. The maximum absolute atomic E-state index is 13.7. The summed E-state index contributed by atoms with van der Waals surface area (Å²) in [6.07, 6.45) is 1.33. The monoisotopic (exact) mass is 390 g/mol. The number of amides is 1. The van der Waals surface area contributed by atoms with Crippen molar-refractivity contribution in [3.05, 3.63) is 75.8 Å². The summed E-state index contributed by atoms with van der Waals surface area (Å²) in [5.74, 6) is -2.24. The van der Waals surface area contributed by atoms with Crippen molar-refractivity contribution >= 4 is 23.2 Å². The van der Waals surface area contributed by atoms with Crippen molar-refractivity contribution in [2.24, 2.45) is 0 Å². The van der Waals surface area contributed by atoms with E-state index in [1.54, 1.807) is 24.3 Å². The molecule has 1 aromatic heterocycles. The Morgan fingerprint density at radius 2 is 1.89 bits per heavy atom. The lowest BCUT2D eigenvalue weighted by atomic mass is 10.2. The number of anilines is 1. The maximum atomic E-state index is 13.7. The minimum Gasteiger partial charge on any atom is -0.322 e. The van der Waals surface area contributed by atoms with Gasteiger partial charge in [0.05, 0.1) is 17.6 Å². The van der Waals surface area contributed by atoms with Gasteiger partial charge in [0.15, 0.2) is 0 Å². The molecule has 0 aliphatic rings. The van der Waals surface area contributed by atoms with E-state index >= 15 is 0 Å². The normalized spacial score (nSPS) is 11.9. The molecule has 1 amide bonds. The van der Waals surface area contributed by atoms with Crippen LogP contribution in [0.25, 0.3) is 11.3 Å². The molecule has 0 radical (unpaired) electrons. The third kappa shape index (κ3) is 4.17. The third-order valence-corrected chi connectivity index (χ3v) is 4.04. The van der Waals surface area contributed by atoms with Crippen molar-refractivity contribution in [1.82, 2.24) is 14.8 Å². The number of benzene rings is 2. The van der Waals surface area contributed by atoms with Gasteiger partial charge in [0.25, 0.3) is 0 Å². The van der Waals surface area contributed by atoms with Gasteiger partial charge in [-0.05, 0) is 31.2 Å². The van der Waals surface area contributed by atoms with Gasteiger partial charge in [-0.25, -0.2) is 18.3 Å². The summed E-state index contributed by atoms with van der Waals surface area (Å²) in [5, 5.41) is 6.73. The fourth-order valence-electron chi connectivity index (χ4n) is 2.32. The number of carbonyl (C=O) groups is 1. The molecule has 0 saturated carbocycles. The molecule has 27 heavy (non-hydrogen) atoms. The number of aromatic nitrogens is 3. The summed E-state index contributed by atoms with van der Waals surface area (Å²) in [5.41, 5.74) is -0.137. The first-order chi connectivity index (χ1) is 12.8. The van der Waals surface area contributed by atoms with Crippen molar-refractivity contribution in [1.29, 1.82) is 0 Å². The molecule has 9 heteroatoms. The lowest BCUT2D eigenvalue weighted by molar-refractivity contribution is -0.119. The highest BCUT2D eigenvalue weighted by Gasteiger charge is 2.20. The van der Waals surface area contributed by atoms with E-state index in [4.69, 9.17) is 11.6 Å². The van der Waals surface area contributed by atoms with Gasteiger partial charge >= 0.3 is 5.69 Å². The number of hydrogen-bond donors (Lipinski definition) is 1. The molecule has 3 aromatic rings. The van der Waals surface area contributed by atoms with Crippen LogP contribution in [-0.4, -0.2) is 20.7 Å². The Balaban J connectivity index is 1.83. The van der Waals surface area contributed by atoms with E-state index < -0.39 is 29.3 Å². The first-order valence-electron chi connectivity index (χ1n) is 7.83. The van der Waals surface area contributed by atoms with Crippen molar-refractivity contribution < 1.29 is 13.6 Å². The Kier molecular flexibility index (Phi) is 5.27. The molecular weight excluding hydrogens is 378 g/mol. The Hall–Kier alpha value is -3.13. The molecule has 0 aliphatic heterocycles. The van der Waals surface area contributed by atoms with Gasteiger partial charge in [-0.3, -0.25) is 4.79 Å². The maximum Gasteiger partial charge on any atom is 0.365 e. The van der Waals surface area contributed by atoms with Gasteiger partial charge in [0.2, 0.25) is 5.91 Å². The van der Waals surface area contributed by atoms with E-state index in [0.717, 1.165) is 22.9 Å². The Bertz CT molecular complexity index is 1050. The largest absolute Gasteiger partial charge is 0.365 e. The minimum absolute atomic E-state index is 0.316. The van der Waals surface area contributed by atoms with Gasteiger partial charge in [0, 0.05) is 16.7 Å². The van der Waals surface area contributed by atoms with Gasteiger partial charge in [0.1, 0.15) is 17.7 Å². The number of halogens is 3. The molecule has 0 bridgehead atoms. The number of carbonyl (C=O) groups excluding carboxylic acids is 1. The summed E-state index contributed by atoms with van der Waals surface area (Å²) in [4.78, 5) is 28.4. The molecule has 6 nitrogen and oxygen atoms in total. The van der Waals surface area contributed by atoms with Crippen LogP contribution in [0.4, 0.5) is 14.5 Å². The number of rotatable bonds is 4. The first kappa shape index (κ1) is 18.7. The van der Waals surface area contributed by atoms with E-state index in [9.17, 15) is 18.4 Å². The molecule has 0 saturated heterocycles. The van der Waals surface area contributed by atoms with E-state index in [0.29, 0.717) is 16.3 Å². The van der Waals surface area contributed by atoms with Gasteiger partial charge in [-0.2, -0.15) is 10.1 Å². The molecule has 0 unspecified atom stereocenters. The van der Waals surface area contributed by atoms with Crippen LogP contribution in [0, 0.1) is 11.6 Å². The van der Waals surface area contributed by atoms with Crippen LogP contribution in [0.3, 0.4) is 0 Å². The van der Waals surface area contributed by atoms with Gasteiger partial charge in [-0.1, -0.05) is 23.7 Å². The summed E-state index contributed by atoms with van der Waals surface area (Å²) >= 11 is 5.82. The molecule has 0 aliphatic carbocycles. The predicted molar refractivity (Wildman–Crippen MR) is 96.4 cm³/mol. The van der Waals surface area contributed by atoms with Crippen molar-refractivity contribution in [3.8, 4) is 11.3 Å². The van der Waals surface area contributed by atoms with Crippen LogP contribution in [0.2, 0.25) is 5.02 Å². The zero-order chi connectivity index (χ0) is 19.6. The zero-order valence-corrected chi connectivity index (χ0v) is 14.7. The second-order valence-electron chi connectivity index (χ2n) is 5.67. The van der Waals surface area contributed by atoms with Crippen LogP contribution >= 0.6 is 11.6 Å². The number of hydrogen-bond acceptors (Lipinski definition) is 4. The molecule has 1 atom stereocenters. The molecule has 0 spiro atoms. The highest BCUT2D eigenvalue weighted by molar-refractivity contribution is 6.30. The first-order valence-corrected chi connectivity index (χ1v) is 8.20. The van der Waals surface area contributed by atoms with Crippen molar-refractivity contribution in [2.45, 2.75) is 13.0 Å². The van der Waals surface area contributed by atoms with Crippen LogP contribution < -0.4 is 11.0 Å². The second kappa shape index (κ2) is 7.63. The minimum atomic E-state index is -1.09. The average Bonchev–Trinajstić information content (AvgIpc) is 2.64. The highest BCUT2D eigenvalue weighted by Crippen LogP contribution is 2.19. The molecule has 3 rings (SSSR count). The molecule has 0 fully saturated rings. The zero-order valence-electron chi connectivity index (χ0n) is 14.0. The lowest BCUT2D eigenvalue weighted by Crippen LogP contribution is -2.35. The standard InChI is InChI=1S/C18H13ClF2N4O2/c1-10(17(26)23-15-8-13(20)6-7-14(15)21)25-18(27)24-16(9-22-25)11-2-4-12(19)5-3-11/h2-10H,1H3,(H,23,26)/t10-/m1/s1. The fourth-order valence-corrected chi connectivity index (χ4v) is 2.44. The van der Waals surface area contributed by atoms with E-state index in [2.05, 4.69) is 15.4 Å². The Morgan fingerprint density at radius 3 is 2.56 bits per heavy atom. The molecule has 2 aromatic carbocycles. The summed E-state index contributed by atoms with van der Waals surface area (Å²) in [6.45, 7) is 1.39. The molecule has 138 valence electrons. The average molecular weight is 391 g/mol. The van der Waals surface area contributed by atoms with Crippen molar-refractivity contribution in [3.63, 3.8) is 0 Å². The lowest BCUT2D eigenvalue weighted by Gasteiger charge is -2.14. The fraction of sp³-hybridized carbons (Fsp3) is 0.111. The SMILES string of the molecule is C[C@H](C(=O)Nc1cc(F)ccc1F)n1ncc(-c2ccc(Cl)cc2)nc1=O. The summed E-state index contributed by atoms with van der Waals surface area (Å²) in [6, 6.07) is 8.23. The van der Waals surface area contributed by atoms with E-state index in [-0.39, 0.29) is 5.69 Å². The van der Waals surface area contributed by atoms with Gasteiger partial charge in [-0.15, -0.1) is 0 Å².